The molecular formula is C17H18N2O2S. The minimum absolute atomic E-state index is 0.0987. The van der Waals surface area contributed by atoms with Crippen molar-refractivity contribution >= 4 is 17.2 Å². The molecule has 1 heterocycles. The number of ether oxygens (including phenoxy) is 1. The van der Waals surface area contributed by atoms with Crippen LogP contribution in [0.5, 0.6) is 5.75 Å². The maximum absolute atomic E-state index is 12.0. The molecule has 0 unspecified atom stereocenters. The van der Waals surface area contributed by atoms with Crippen molar-refractivity contribution in [2.24, 2.45) is 5.92 Å². The van der Waals surface area contributed by atoms with E-state index in [4.69, 9.17) is 4.74 Å². The van der Waals surface area contributed by atoms with Gasteiger partial charge in [-0.25, -0.2) is 4.98 Å². The van der Waals surface area contributed by atoms with Gasteiger partial charge in [0.25, 0.3) is 0 Å². The third kappa shape index (κ3) is 3.20. The number of nitrogens with one attached hydrogen (secondary N) is 1. The maximum atomic E-state index is 12.0. The van der Waals surface area contributed by atoms with Gasteiger partial charge in [-0.1, -0.05) is 24.3 Å². The zero-order valence-electron chi connectivity index (χ0n) is 12.4. The standard InChI is InChI=1S/C17H18N2O2S/c1-21-15-9-5-4-8-14(15)17-19-11-13(22-17)10-18-16(20)12-6-2-3-7-12/h2-5,8-9,11-12H,6-7,10H2,1H3,(H,18,20). The highest BCUT2D eigenvalue weighted by Crippen LogP contribution is 2.32. The monoisotopic (exact) mass is 314 g/mol. The van der Waals surface area contributed by atoms with Gasteiger partial charge in [-0.3, -0.25) is 4.79 Å². The number of allylic oxidation sites excluding steroid dienone is 2. The van der Waals surface area contributed by atoms with E-state index < -0.39 is 0 Å². The van der Waals surface area contributed by atoms with Crippen molar-refractivity contribution < 1.29 is 9.53 Å². The van der Waals surface area contributed by atoms with Crippen molar-refractivity contribution in [1.82, 2.24) is 10.3 Å². The predicted octanol–water partition coefficient (Wildman–Crippen LogP) is 3.40. The predicted molar refractivity (Wildman–Crippen MR) is 87.8 cm³/mol. The van der Waals surface area contributed by atoms with Crippen LogP contribution in [-0.4, -0.2) is 18.0 Å². The Kier molecular flexibility index (Phi) is 4.53. The summed E-state index contributed by atoms with van der Waals surface area (Å²) >= 11 is 1.58. The first-order chi connectivity index (χ1) is 10.8. The zero-order valence-corrected chi connectivity index (χ0v) is 13.2. The molecule has 1 aliphatic rings. The van der Waals surface area contributed by atoms with E-state index in [1.165, 1.54) is 0 Å². The van der Waals surface area contributed by atoms with Crippen molar-refractivity contribution in [3.05, 3.63) is 47.5 Å². The van der Waals surface area contributed by atoms with E-state index in [1.807, 2.05) is 30.5 Å². The molecule has 1 aromatic heterocycles. The van der Waals surface area contributed by atoms with Gasteiger partial charge < -0.3 is 10.1 Å². The molecule has 1 aromatic carbocycles. The SMILES string of the molecule is COc1ccccc1-c1ncc(CNC(=O)C2CC=CC2)s1. The van der Waals surface area contributed by atoms with E-state index in [0.717, 1.165) is 34.0 Å². The molecule has 114 valence electrons. The van der Waals surface area contributed by atoms with Crippen LogP contribution in [0.1, 0.15) is 17.7 Å². The third-order valence-electron chi connectivity index (χ3n) is 3.71. The second-order valence-corrected chi connectivity index (χ2v) is 6.30. The summed E-state index contributed by atoms with van der Waals surface area (Å²) in [4.78, 5) is 17.5. The molecule has 5 heteroatoms. The average molecular weight is 314 g/mol. The van der Waals surface area contributed by atoms with E-state index in [2.05, 4.69) is 22.5 Å². The van der Waals surface area contributed by atoms with E-state index in [-0.39, 0.29) is 11.8 Å². The lowest BCUT2D eigenvalue weighted by molar-refractivity contribution is -0.124. The lowest BCUT2D eigenvalue weighted by Crippen LogP contribution is -2.28. The molecule has 0 atom stereocenters. The number of hydrogen-bond donors (Lipinski definition) is 1. The summed E-state index contributed by atoms with van der Waals surface area (Å²) in [7, 11) is 1.66. The van der Waals surface area contributed by atoms with Crippen molar-refractivity contribution in [2.45, 2.75) is 19.4 Å². The van der Waals surface area contributed by atoms with Crippen molar-refractivity contribution in [3.8, 4) is 16.3 Å². The molecule has 22 heavy (non-hydrogen) atoms. The Bertz CT molecular complexity index is 685. The van der Waals surface area contributed by atoms with E-state index >= 15 is 0 Å². The molecule has 1 aliphatic carbocycles. The second-order valence-electron chi connectivity index (χ2n) is 5.19. The van der Waals surface area contributed by atoms with Crippen LogP contribution in [0.15, 0.2) is 42.6 Å². The van der Waals surface area contributed by atoms with Crippen LogP contribution in [0.4, 0.5) is 0 Å². The second kappa shape index (κ2) is 6.75. The van der Waals surface area contributed by atoms with Crippen LogP contribution >= 0.6 is 11.3 Å². The summed E-state index contributed by atoms with van der Waals surface area (Å²) in [5.74, 6) is 1.03. The minimum Gasteiger partial charge on any atom is -0.496 e. The summed E-state index contributed by atoms with van der Waals surface area (Å²) in [6.45, 7) is 0.530. The molecule has 0 saturated heterocycles. The molecule has 0 radical (unpaired) electrons. The van der Waals surface area contributed by atoms with Gasteiger partial charge in [0.15, 0.2) is 0 Å². The van der Waals surface area contributed by atoms with Gasteiger partial charge in [-0.15, -0.1) is 11.3 Å². The Morgan fingerprint density at radius 3 is 2.91 bits per heavy atom. The van der Waals surface area contributed by atoms with Gasteiger partial charge in [0.2, 0.25) is 5.91 Å². The highest BCUT2D eigenvalue weighted by molar-refractivity contribution is 7.15. The fourth-order valence-electron chi connectivity index (χ4n) is 2.48. The zero-order chi connectivity index (χ0) is 15.4. The molecule has 0 fully saturated rings. The van der Waals surface area contributed by atoms with Gasteiger partial charge in [-0.2, -0.15) is 0 Å². The average Bonchev–Trinajstić information content (AvgIpc) is 3.24. The van der Waals surface area contributed by atoms with Crippen molar-refractivity contribution in [3.63, 3.8) is 0 Å². The van der Waals surface area contributed by atoms with Crippen LogP contribution < -0.4 is 10.1 Å². The summed E-state index contributed by atoms with van der Waals surface area (Å²) in [6.07, 6.45) is 7.65. The molecule has 0 spiro atoms. The molecule has 4 nitrogen and oxygen atoms in total. The smallest absolute Gasteiger partial charge is 0.224 e. The first-order valence-corrected chi connectivity index (χ1v) is 8.10. The number of benzene rings is 1. The number of amides is 1. The number of hydrogen-bond acceptors (Lipinski definition) is 4. The van der Waals surface area contributed by atoms with E-state index in [9.17, 15) is 4.79 Å². The first-order valence-electron chi connectivity index (χ1n) is 7.28. The molecule has 0 aliphatic heterocycles. The largest absolute Gasteiger partial charge is 0.496 e. The number of aromatic nitrogens is 1. The fourth-order valence-corrected chi connectivity index (χ4v) is 3.37. The Morgan fingerprint density at radius 2 is 2.14 bits per heavy atom. The summed E-state index contributed by atoms with van der Waals surface area (Å²) in [5.41, 5.74) is 0.979. The van der Waals surface area contributed by atoms with E-state index in [0.29, 0.717) is 6.54 Å². The number of nitrogens with zero attached hydrogens (tertiary/aromatic N) is 1. The first kappa shape index (κ1) is 14.8. The molecule has 0 saturated carbocycles. The number of thiazole rings is 1. The number of carbonyl (C=O) groups excluding carboxylic acids is 1. The Balaban J connectivity index is 1.65. The van der Waals surface area contributed by atoms with Crippen LogP contribution in [0.3, 0.4) is 0 Å². The Labute approximate surface area is 133 Å². The molecular weight excluding hydrogens is 296 g/mol. The summed E-state index contributed by atoms with van der Waals surface area (Å²) in [5, 5.41) is 3.90. The maximum Gasteiger partial charge on any atom is 0.224 e. The van der Waals surface area contributed by atoms with E-state index in [1.54, 1.807) is 18.4 Å². The summed E-state index contributed by atoms with van der Waals surface area (Å²) < 4.78 is 5.36. The molecule has 1 N–H and O–H groups in total. The Morgan fingerprint density at radius 1 is 1.36 bits per heavy atom. The van der Waals surface area contributed by atoms with Gasteiger partial charge in [0.1, 0.15) is 10.8 Å². The van der Waals surface area contributed by atoms with Crippen LogP contribution in [0.25, 0.3) is 10.6 Å². The molecule has 1 amide bonds. The topological polar surface area (TPSA) is 51.2 Å². The van der Waals surface area contributed by atoms with Crippen molar-refractivity contribution in [1.29, 1.82) is 0 Å². The quantitative estimate of drug-likeness (QED) is 0.861. The number of methoxy groups -OCH3 is 1. The summed E-state index contributed by atoms with van der Waals surface area (Å²) in [6, 6.07) is 7.82. The number of carbonyl (C=O) groups is 1. The molecule has 3 rings (SSSR count). The van der Waals surface area contributed by atoms with Gasteiger partial charge in [0.05, 0.1) is 19.2 Å². The lowest BCUT2D eigenvalue weighted by atomic mass is 10.1. The fraction of sp³-hybridized carbons (Fsp3) is 0.294. The van der Waals surface area contributed by atoms with Crippen LogP contribution in [-0.2, 0) is 11.3 Å². The third-order valence-corrected chi connectivity index (χ3v) is 4.74. The Hall–Kier alpha value is -2.14. The normalized spacial score (nSPS) is 14.2. The van der Waals surface area contributed by atoms with Crippen molar-refractivity contribution in [2.75, 3.05) is 7.11 Å². The van der Waals surface area contributed by atoms with Crippen LogP contribution in [0.2, 0.25) is 0 Å². The van der Waals surface area contributed by atoms with Gasteiger partial charge >= 0.3 is 0 Å². The van der Waals surface area contributed by atoms with Crippen LogP contribution in [0, 0.1) is 5.92 Å². The number of rotatable bonds is 5. The van der Waals surface area contributed by atoms with Gasteiger partial charge in [-0.05, 0) is 25.0 Å². The lowest BCUT2D eigenvalue weighted by Gasteiger charge is -2.09. The highest BCUT2D eigenvalue weighted by Gasteiger charge is 2.19. The molecule has 0 bridgehead atoms. The molecule has 2 aromatic rings. The van der Waals surface area contributed by atoms with Gasteiger partial charge in [0, 0.05) is 17.0 Å². The highest BCUT2D eigenvalue weighted by atomic mass is 32.1. The number of para-hydroxylation sites is 1. The minimum atomic E-state index is 0.0987.